The van der Waals surface area contributed by atoms with E-state index in [4.69, 9.17) is 4.74 Å². The smallest absolute Gasteiger partial charge is 0.307 e. The van der Waals surface area contributed by atoms with Crippen molar-refractivity contribution >= 4 is 11.9 Å². The number of benzene rings is 1. The van der Waals surface area contributed by atoms with Crippen molar-refractivity contribution in [2.45, 2.75) is 13.3 Å². The molecule has 0 atom stereocenters. The molecule has 5 heteroatoms. The third-order valence-electron chi connectivity index (χ3n) is 2.00. The van der Waals surface area contributed by atoms with Crippen molar-refractivity contribution in [3.63, 3.8) is 0 Å². The van der Waals surface area contributed by atoms with Crippen LogP contribution >= 0.6 is 0 Å². The van der Waals surface area contributed by atoms with E-state index >= 15 is 0 Å². The summed E-state index contributed by atoms with van der Waals surface area (Å²) in [5, 5.41) is 0. The Morgan fingerprint density at radius 3 is 2.59 bits per heavy atom. The van der Waals surface area contributed by atoms with Crippen LogP contribution in [0.1, 0.15) is 23.7 Å². The highest BCUT2D eigenvalue weighted by atomic mass is 16.5. The molecule has 0 radical (unpaired) electrons. The van der Waals surface area contributed by atoms with Gasteiger partial charge in [0.2, 0.25) is 0 Å². The molecule has 5 nitrogen and oxygen atoms in total. The molecule has 0 saturated heterocycles. The topological polar surface area (TPSA) is 67.4 Å². The minimum atomic E-state index is -0.283. The molecule has 1 amide bonds. The van der Waals surface area contributed by atoms with Gasteiger partial charge in [0, 0.05) is 12.1 Å². The molecule has 0 aliphatic rings. The second-order valence-corrected chi connectivity index (χ2v) is 3.30. The fourth-order valence-corrected chi connectivity index (χ4v) is 1.20. The van der Waals surface area contributed by atoms with Crippen molar-refractivity contribution in [1.29, 1.82) is 0 Å². The third-order valence-corrected chi connectivity index (χ3v) is 2.00. The molecule has 0 aromatic heterocycles. The summed E-state index contributed by atoms with van der Waals surface area (Å²) in [6, 6.07) is 8.83. The van der Waals surface area contributed by atoms with Gasteiger partial charge in [-0.2, -0.15) is 0 Å². The van der Waals surface area contributed by atoms with Gasteiger partial charge in [-0.3, -0.25) is 15.0 Å². The number of carbonyl (C=O) groups excluding carboxylic acids is 2. The highest BCUT2D eigenvalue weighted by Crippen LogP contribution is 1.96. The molecule has 1 aromatic rings. The number of rotatable bonds is 6. The predicted octanol–water partition coefficient (Wildman–Crippen LogP) is 0.874. The fraction of sp³-hybridized carbons (Fsp3) is 0.333. The van der Waals surface area contributed by atoms with Gasteiger partial charge in [0.25, 0.3) is 5.91 Å². The van der Waals surface area contributed by atoms with E-state index in [1.54, 1.807) is 31.2 Å². The lowest BCUT2D eigenvalue weighted by Crippen LogP contribution is -2.38. The number of carbonyl (C=O) groups is 2. The average Bonchev–Trinajstić information content (AvgIpc) is 2.36. The molecule has 0 aliphatic carbocycles. The molecule has 2 N–H and O–H groups in total. The number of esters is 1. The number of ether oxygens (including phenoxy) is 1. The van der Waals surface area contributed by atoms with E-state index in [2.05, 4.69) is 10.9 Å². The lowest BCUT2D eigenvalue weighted by Gasteiger charge is -2.06. The maximum atomic E-state index is 11.5. The summed E-state index contributed by atoms with van der Waals surface area (Å²) in [5.74, 6) is -0.511. The first-order chi connectivity index (χ1) is 8.24. The molecule has 0 saturated carbocycles. The number of amides is 1. The molecule has 1 aromatic carbocycles. The Morgan fingerprint density at radius 2 is 1.94 bits per heavy atom. The monoisotopic (exact) mass is 236 g/mol. The summed E-state index contributed by atoms with van der Waals surface area (Å²) in [5.41, 5.74) is 5.74. The fourth-order valence-electron chi connectivity index (χ4n) is 1.20. The predicted molar refractivity (Wildman–Crippen MR) is 63.2 cm³/mol. The second-order valence-electron chi connectivity index (χ2n) is 3.30. The van der Waals surface area contributed by atoms with Crippen LogP contribution in [-0.2, 0) is 9.53 Å². The van der Waals surface area contributed by atoms with Crippen molar-refractivity contribution in [2.24, 2.45) is 0 Å². The van der Waals surface area contributed by atoms with Crippen molar-refractivity contribution in [1.82, 2.24) is 10.9 Å². The van der Waals surface area contributed by atoms with E-state index in [9.17, 15) is 9.59 Å². The average molecular weight is 236 g/mol. The molecule has 0 bridgehead atoms. The van der Waals surface area contributed by atoms with Crippen LogP contribution in [0.4, 0.5) is 0 Å². The van der Waals surface area contributed by atoms with Gasteiger partial charge in [0.1, 0.15) is 0 Å². The first kappa shape index (κ1) is 13.2. The zero-order valence-corrected chi connectivity index (χ0v) is 9.73. The van der Waals surface area contributed by atoms with E-state index < -0.39 is 0 Å². The van der Waals surface area contributed by atoms with Crippen LogP contribution in [-0.4, -0.2) is 25.0 Å². The molecule has 0 fully saturated rings. The van der Waals surface area contributed by atoms with Crippen LogP contribution in [0.3, 0.4) is 0 Å². The Morgan fingerprint density at radius 1 is 1.24 bits per heavy atom. The summed E-state index contributed by atoms with van der Waals surface area (Å²) in [6.07, 6.45) is 0.225. The molecular formula is C12H16N2O3. The van der Waals surface area contributed by atoms with Crippen LogP contribution in [0, 0.1) is 0 Å². The number of hydrazine groups is 1. The van der Waals surface area contributed by atoms with Gasteiger partial charge < -0.3 is 4.74 Å². The lowest BCUT2D eigenvalue weighted by molar-refractivity contribution is -0.143. The lowest BCUT2D eigenvalue weighted by atomic mass is 10.2. The van der Waals surface area contributed by atoms with Gasteiger partial charge in [-0.25, -0.2) is 5.43 Å². The maximum absolute atomic E-state index is 11.5. The molecule has 17 heavy (non-hydrogen) atoms. The summed E-state index contributed by atoms with van der Waals surface area (Å²) < 4.78 is 4.74. The minimum Gasteiger partial charge on any atom is -0.466 e. The molecule has 92 valence electrons. The van der Waals surface area contributed by atoms with Gasteiger partial charge >= 0.3 is 5.97 Å². The standard InChI is InChI=1S/C12H16N2O3/c1-2-17-11(15)8-9-13-14-12(16)10-6-4-3-5-7-10/h3-7,13H,2,8-9H2,1H3,(H,14,16). The van der Waals surface area contributed by atoms with Crippen molar-refractivity contribution in [2.75, 3.05) is 13.2 Å². The molecular weight excluding hydrogens is 220 g/mol. The SMILES string of the molecule is CCOC(=O)CCNNC(=O)c1ccccc1. The van der Waals surface area contributed by atoms with E-state index in [1.807, 2.05) is 6.07 Å². The quantitative estimate of drug-likeness (QED) is 0.437. The third kappa shape index (κ3) is 5.12. The van der Waals surface area contributed by atoms with E-state index in [-0.39, 0.29) is 18.3 Å². The normalized spacial score (nSPS) is 9.71. The molecule has 0 aliphatic heterocycles. The Hall–Kier alpha value is -1.88. The van der Waals surface area contributed by atoms with Crippen LogP contribution in [0.15, 0.2) is 30.3 Å². The second kappa shape index (κ2) is 7.40. The van der Waals surface area contributed by atoms with Crippen molar-refractivity contribution in [3.8, 4) is 0 Å². The van der Waals surface area contributed by atoms with Crippen LogP contribution in [0.2, 0.25) is 0 Å². The number of nitrogens with one attached hydrogen (secondary N) is 2. The van der Waals surface area contributed by atoms with Crippen molar-refractivity contribution in [3.05, 3.63) is 35.9 Å². The zero-order chi connectivity index (χ0) is 12.5. The number of hydrogen-bond donors (Lipinski definition) is 2. The van der Waals surface area contributed by atoms with E-state index in [1.165, 1.54) is 0 Å². The van der Waals surface area contributed by atoms with Crippen molar-refractivity contribution < 1.29 is 14.3 Å². The van der Waals surface area contributed by atoms with E-state index in [0.717, 1.165) is 0 Å². The minimum absolute atomic E-state index is 0.225. The summed E-state index contributed by atoms with van der Waals surface area (Å²) in [6.45, 7) is 2.47. The van der Waals surface area contributed by atoms with Gasteiger partial charge in [-0.1, -0.05) is 18.2 Å². The maximum Gasteiger partial charge on any atom is 0.307 e. The van der Waals surface area contributed by atoms with Crippen LogP contribution in [0.5, 0.6) is 0 Å². The zero-order valence-electron chi connectivity index (χ0n) is 9.73. The molecule has 0 heterocycles. The highest BCUT2D eigenvalue weighted by Gasteiger charge is 2.04. The van der Waals surface area contributed by atoms with Gasteiger partial charge in [-0.05, 0) is 19.1 Å². The summed E-state index contributed by atoms with van der Waals surface area (Å²) in [7, 11) is 0. The van der Waals surface area contributed by atoms with Gasteiger partial charge in [-0.15, -0.1) is 0 Å². The Kier molecular flexibility index (Phi) is 5.74. The van der Waals surface area contributed by atoms with Gasteiger partial charge in [0.15, 0.2) is 0 Å². The number of hydrogen-bond acceptors (Lipinski definition) is 4. The first-order valence-electron chi connectivity index (χ1n) is 5.48. The molecule has 0 spiro atoms. The van der Waals surface area contributed by atoms with Crippen LogP contribution in [0.25, 0.3) is 0 Å². The van der Waals surface area contributed by atoms with E-state index in [0.29, 0.717) is 18.7 Å². The Labute approximate surface area is 100 Å². The summed E-state index contributed by atoms with van der Waals surface area (Å²) in [4.78, 5) is 22.5. The summed E-state index contributed by atoms with van der Waals surface area (Å²) >= 11 is 0. The molecule has 0 unspecified atom stereocenters. The van der Waals surface area contributed by atoms with Crippen LogP contribution < -0.4 is 10.9 Å². The highest BCUT2D eigenvalue weighted by molar-refractivity contribution is 5.93. The molecule has 1 rings (SSSR count). The largest absolute Gasteiger partial charge is 0.466 e. The van der Waals surface area contributed by atoms with Gasteiger partial charge in [0.05, 0.1) is 13.0 Å². The Bertz CT molecular complexity index is 365. The first-order valence-corrected chi connectivity index (χ1v) is 5.48. The Balaban J connectivity index is 2.19.